The van der Waals surface area contributed by atoms with Gasteiger partial charge in [-0.15, -0.1) is 0 Å². The van der Waals surface area contributed by atoms with Crippen LogP contribution in [0.5, 0.6) is 0 Å². The molecule has 1 aromatic heterocycles. The Morgan fingerprint density at radius 1 is 1.04 bits per heavy atom. The number of carbonyl (C=O) groups is 1. The first-order chi connectivity index (χ1) is 12.7. The molecule has 3 aliphatic heterocycles. The number of rotatable bonds is 3. The molecule has 6 nitrogen and oxygen atoms in total. The van der Waals surface area contributed by atoms with Crippen LogP contribution in [0.25, 0.3) is 0 Å². The molecule has 26 heavy (non-hydrogen) atoms. The molecule has 0 bridgehead atoms. The van der Waals surface area contributed by atoms with Crippen LogP contribution in [0.3, 0.4) is 0 Å². The number of aryl methyl sites for hydroxylation is 1. The zero-order valence-corrected chi connectivity index (χ0v) is 15.9. The summed E-state index contributed by atoms with van der Waals surface area (Å²) in [6.45, 7) is 8.10. The number of piperidine rings is 2. The lowest BCUT2D eigenvalue weighted by atomic mass is 9.93. The smallest absolute Gasteiger partial charge is 0.226 e. The SMILES string of the molecule is Cc1ccnc(N2CCC(N3CCCC(C(=O)N4CCCC4)C3)CC2)n1. The van der Waals surface area contributed by atoms with E-state index in [-0.39, 0.29) is 5.92 Å². The second-order valence-electron chi connectivity index (χ2n) is 8.08. The molecule has 3 fully saturated rings. The monoisotopic (exact) mass is 357 g/mol. The van der Waals surface area contributed by atoms with Crippen molar-refractivity contribution in [1.29, 1.82) is 0 Å². The maximum Gasteiger partial charge on any atom is 0.226 e. The summed E-state index contributed by atoms with van der Waals surface area (Å²) in [4.78, 5) is 28.8. The van der Waals surface area contributed by atoms with E-state index < -0.39 is 0 Å². The summed E-state index contributed by atoms with van der Waals surface area (Å²) < 4.78 is 0. The number of nitrogens with zero attached hydrogens (tertiary/aromatic N) is 5. The molecule has 0 aromatic carbocycles. The molecule has 0 N–H and O–H groups in total. The van der Waals surface area contributed by atoms with Gasteiger partial charge in [-0.25, -0.2) is 9.97 Å². The first kappa shape index (κ1) is 17.7. The Morgan fingerprint density at radius 2 is 1.81 bits per heavy atom. The topological polar surface area (TPSA) is 52.6 Å². The van der Waals surface area contributed by atoms with Gasteiger partial charge in [0.2, 0.25) is 11.9 Å². The molecule has 4 rings (SSSR count). The van der Waals surface area contributed by atoms with Gasteiger partial charge >= 0.3 is 0 Å². The van der Waals surface area contributed by atoms with Gasteiger partial charge < -0.3 is 9.80 Å². The van der Waals surface area contributed by atoms with Crippen molar-refractivity contribution in [2.24, 2.45) is 5.92 Å². The van der Waals surface area contributed by atoms with Crippen molar-refractivity contribution in [2.45, 2.75) is 51.5 Å². The predicted octanol–water partition coefficient (Wildman–Crippen LogP) is 2.09. The van der Waals surface area contributed by atoms with Crippen LogP contribution in [0.1, 0.15) is 44.2 Å². The Bertz CT molecular complexity index is 622. The first-order valence-corrected chi connectivity index (χ1v) is 10.3. The number of aromatic nitrogens is 2. The van der Waals surface area contributed by atoms with E-state index in [0.29, 0.717) is 11.9 Å². The Morgan fingerprint density at radius 3 is 2.54 bits per heavy atom. The molecule has 1 unspecified atom stereocenters. The van der Waals surface area contributed by atoms with E-state index in [0.717, 1.165) is 76.6 Å². The lowest BCUT2D eigenvalue weighted by Crippen LogP contribution is -2.51. The van der Waals surface area contributed by atoms with E-state index >= 15 is 0 Å². The van der Waals surface area contributed by atoms with Crippen LogP contribution in [0.4, 0.5) is 5.95 Å². The van der Waals surface area contributed by atoms with Crippen LogP contribution in [0.15, 0.2) is 12.3 Å². The summed E-state index contributed by atoms with van der Waals surface area (Å²) in [6.07, 6.45) is 8.73. The van der Waals surface area contributed by atoms with E-state index in [9.17, 15) is 4.79 Å². The number of anilines is 1. The Kier molecular flexibility index (Phi) is 5.38. The molecule has 0 saturated carbocycles. The normalized spacial score (nSPS) is 25.7. The maximum absolute atomic E-state index is 12.8. The predicted molar refractivity (Wildman–Crippen MR) is 102 cm³/mol. The largest absolute Gasteiger partial charge is 0.342 e. The molecule has 1 atom stereocenters. The van der Waals surface area contributed by atoms with Gasteiger partial charge in [-0.3, -0.25) is 9.69 Å². The van der Waals surface area contributed by atoms with Crippen molar-refractivity contribution in [2.75, 3.05) is 44.2 Å². The van der Waals surface area contributed by atoms with E-state index in [2.05, 4.69) is 24.7 Å². The number of hydrogen-bond acceptors (Lipinski definition) is 5. The number of hydrogen-bond donors (Lipinski definition) is 0. The average Bonchev–Trinajstić information content (AvgIpc) is 3.22. The van der Waals surface area contributed by atoms with Gasteiger partial charge in [-0.05, 0) is 58.1 Å². The molecular weight excluding hydrogens is 326 g/mol. The number of likely N-dealkylation sites (tertiary alicyclic amines) is 2. The van der Waals surface area contributed by atoms with Gasteiger partial charge in [0.1, 0.15) is 0 Å². The molecule has 6 heteroatoms. The van der Waals surface area contributed by atoms with E-state index in [1.54, 1.807) is 0 Å². The lowest BCUT2D eigenvalue weighted by molar-refractivity contribution is -0.136. The Labute approximate surface area is 156 Å². The highest BCUT2D eigenvalue weighted by molar-refractivity contribution is 5.79. The molecule has 142 valence electrons. The molecule has 1 aromatic rings. The zero-order valence-electron chi connectivity index (χ0n) is 15.9. The van der Waals surface area contributed by atoms with Gasteiger partial charge in [0.05, 0.1) is 5.92 Å². The molecule has 4 heterocycles. The molecule has 3 saturated heterocycles. The number of amides is 1. The van der Waals surface area contributed by atoms with Gasteiger partial charge in [0.15, 0.2) is 0 Å². The second-order valence-corrected chi connectivity index (χ2v) is 8.08. The van der Waals surface area contributed by atoms with Crippen molar-refractivity contribution < 1.29 is 4.79 Å². The minimum Gasteiger partial charge on any atom is -0.342 e. The summed E-state index contributed by atoms with van der Waals surface area (Å²) in [5, 5.41) is 0. The minimum absolute atomic E-state index is 0.222. The first-order valence-electron chi connectivity index (χ1n) is 10.3. The standard InChI is InChI=1S/C20H31N5O/c1-16-6-9-21-20(22-16)24-13-7-18(8-14-24)25-12-4-5-17(15-25)19(26)23-10-2-3-11-23/h6,9,17-18H,2-5,7-8,10-15H2,1H3. The third-order valence-electron chi connectivity index (χ3n) is 6.27. The van der Waals surface area contributed by atoms with Crippen LogP contribution in [-0.2, 0) is 4.79 Å². The Hall–Kier alpha value is -1.69. The van der Waals surface area contributed by atoms with E-state index in [4.69, 9.17) is 0 Å². The van der Waals surface area contributed by atoms with Crippen molar-refractivity contribution in [3.05, 3.63) is 18.0 Å². The summed E-state index contributed by atoms with van der Waals surface area (Å²) >= 11 is 0. The fourth-order valence-corrected chi connectivity index (χ4v) is 4.75. The van der Waals surface area contributed by atoms with Crippen LogP contribution in [0, 0.1) is 12.8 Å². The molecule has 0 aliphatic carbocycles. The minimum atomic E-state index is 0.222. The molecule has 0 radical (unpaired) electrons. The molecule has 1 amide bonds. The van der Waals surface area contributed by atoms with Gasteiger partial charge in [0.25, 0.3) is 0 Å². The number of carbonyl (C=O) groups excluding carboxylic acids is 1. The summed E-state index contributed by atoms with van der Waals surface area (Å²) in [7, 11) is 0. The lowest BCUT2D eigenvalue weighted by Gasteiger charge is -2.42. The summed E-state index contributed by atoms with van der Waals surface area (Å²) in [6, 6.07) is 2.55. The highest BCUT2D eigenvalue weighted by Gasteiger charge is 2.34. The van der Waals surface area contributed by atoms with Crippen LogP contribution in [0.2, 0.25) is 0 Å². The van der Waals surface area contributed by atoms with E-state index in [1.165, 1.54) is 12.8 Å². The van der Waals surface area contributed by atoms with Gasteiger partial charge in [0, 0.05) is 50.7 Å². The van der Waals surface area contributed by atoms with Crippen LogP contribution >= 0.6 is 0 Å². The zero-order chi connectivity index (χ0) is 17.9. The van der Waals surface area contributed by atoms with Crippen molar-refractivity contribution in [3.8, 4) is 0 Å². The third-order valence-corrected chi connectivity index (χ3v) is 6.27. The third kappa shape index (κ3) is 3.85. The summed E-state index contributed by atoms with van der Waals surface area (Å²) in [5.41, 5.74) is 1.02. The van der Waals surface area contributed by atoms with Gasteiger partial charge in [-0.1, -0.05) is 0 Å². The van der Waals surface area contributed by atoms with Crippen molar-refractivity contribution >= 4 is 11.9 Å². The van der Waals surface area contributed by atoms with Crippen molar-refractivity contribution in [3.63, 3.8) is 0 Å². The second kappa shape index (κ2) is 7.91. The van der Waals surface area contributed by atoms with E-state index in [1.807, 2.05) is 19.2 Å². The van der Waals surface area contributed by atoms with Crippen LogP contribution < -0.4 is 4.90 Å². The van der Waals surface area contributed by atoms with Gasteiger partial charge in [-0.2, -0.15) is 0 Å². The summed E-state index contributed by atoms with van der Waals surface area (Å²) in [5.74, 6) is 1.50. The quantitative estimate of drug-likeness (QED) is 0.829. The highest BCUT2D eigenvalue weighted by Crippen LogP contribution is 2.27. The maximum atomic E-state index is 12.8. The highest BCUT2D eigenvalue weighted by atomic mass is 16.2. The molecular formula is C20H31N5O. The fourth-order valence-electron chi connectivity index (χ4n) is 4.75. The van der Waals surface area contributed by atoms with Crippen LogP contribution in [-0.4, -0.2) is 71.0 Å². The fraction of sp³-hybridized carbons (Fsp3) is 0.750. The van der Waals surface area contributed by atoms with Crippen molar-refractivity contribution in [1.82, 2.24) is 19.8 Å². The molecule has 0 spiro atoms. The average molecular weight is 358 g/mol. The molecule has 3 aliphatic rings. The Balaban J connectivity index is 1.31.